The van der Waals surface area contributed by atoms with Crippen molar-refractivity contribution < 1.29 is 24.2 Å². The fourth-order valence-electron chi connectivity index (χ4n) is 3.44. The maximum Gasteiger partial charge on any atom is 0.340 e. The predicted molar refractivity (Wildman–Crippen MR) is 89.7 cm³/mol. The van der Waals surface area contributed by atoms with Gasteiger partial charge in [0.25, 0.3) is 0 Å². The highest BCUT2D eigenvalue weighted by Gasteiger charge is 2.34. The quantitative estimate of drug-likeness (QED) is 0.820. The van der Waals surface area contributed by atoms with Gasteiger partial charge in [-0.15, -0.1) is 0 Å². The van der Waals surface area contributed by atoms with E-state index in [4.69, 9.17) is 4.42 Å². The van der Waals surface area contributed by atoms with Crippen molar-refractivity contribution in [3.8, 4) is 5.75 Å². The molecule has 0 spiro atoms. The number of carbonyl (C=O) groups is 2. The van der Waals surface area contributed by atoms with Crippen molar-refractivity contribution >= 4 is 22.8 Å². The van der Waals surface area contributed by atoms with Gasteiger partial charge in [-0.3, -0.25) is 4.79 Å². The van der Waals surface area contributed by atoms with Crippen molar-refractivity contribution in [1.82, 2.24) is 4.90 Å². The third-order valence-corrected chi connectivity index (χ3v) is 4.69. The highest BCUT2D eigenvalue weighted by Crippen LogP contribution is 2.30. The van der Waals surface area contributed by atoms with Gasteiger partial charge in [-0.25, -0.2) is 9.59 Å². The van der Waals surface area contributed by atoms with E-state index >= 15 is 0 Å². The van der Waals surface area contributed by atoms with Gasteiger partial charge in [0.2, 0.25) is 5.91 Å². The molecule has 0 saturated carbocycles. The summed E-state index contributed by atoms with van der Waals surface area (Å²) in [6, 6.07) is 2.36. The standard InChI is InChI=1S/C18H19NO6/c1-9-6-13(20)16-10(2)11(18(24)25-14(16)7-9)8-15(21)19-5-3-4-12(19)17(22)23/h6-7,12,20H,3-5,8H2,1-2H3,(H,22,23). The Morgan fingerprint density at radius 2 is 2.04 bits per heavy atom. The molecule has 2 aromatic rings. The summed E-state index contributed by atoms with van der Waals surface area (Å²) in [4.78, 5) is 37.4. The van der Waals surface area contributed by atoms with Crippen molar-refractivity contribution in [1.29, 1.82) is 0 Å². The fourth-order valence-corrected chi connectivity index (χ4v) is 3.44. The number of benzene rings is 1. The van der Waals surface area contributed by atoms with Crippen LogP contribution in [0.3, 0.4) is 0 Å². The van der Waals surface area contributed by atoms with E-state index in [1.54, 1.807) is 26.0 Å². The molecular formula is C18H19NO6. The molecule has 0 bridgehead atoms. The Morgan fingerprint density at radius 1 is 1.32 bits per heavy atom. The number of amides is 1. The summed E-state index contributed by atoms with van der Waals surface area (Å²) in [7, 11) is 0. The zero-order valence-corrected chi connectivity index (χ0v) is 14.0. The molecule has 1 saturated heterocycles. The summed E-state index contributed by atoms with van der Waals surface area (Å²) in [6.07, 6.45) is 0.779. The SMILES string of the molecule is Cc1cc(O)c2c(C)c(CC(=O)N3CCCC3C(=O)O)c(=O)oc2c1. The summed E-state index contributed by atoms with van der Waals surface area (Å²) < 4.78 is 5.27. The van der Waals surface area contributed by atoms with Crippen molar-refractivity contribution in [2.24, 2.45) is 0 Å². The number of likely N-dealkylation sites (tertiary alicyclic amines) is 1. The molecule has 1 aliphatic rings. The average molecular weight is 345 g/mol. The Hall–Kier alpha value is -2.83. The molecule has 7 nitrogen and oxygen atoms in total. The van der Waals surface area contributed by atoms with E-state index in [-0.39, 0.29) is 23.3 Å². The third kappa shape index (κ3) is 2.97. The number of rotatable bonds is 3. The van der Waals surface area contributed by atoms with Gasteiger partial charge in [-0.2, -0.15) is 0 Å². The van der Waals surface area contributed by atoms with E-state index in [0.29, 0.717) is 30.3 Å². The van der Waals surface area contributed by atoms with Crippen molar-refractivity contribution in [3.05, 3.63) is 39.2 Å². The van der Waals surface area contributed by atoms with Crippen LogP contribution in [-0.2, 0) is 16.0 Å². The van der Waals surface area contributed by atoms with Gasteiger partial charge in [-0.05, 0) is 49.9 Å². The summed E-state index contributed by atoms with van der Waals surface area (Å²) in [5.74, 6) is -1.48. The molecule has 2 heterocycles. The van der Waals surface area contributed by atoms with E-state index < -0.39 is 23.5 Å². The summed E-state index contributed by atoms with van der Waals surface area (Å²) >= 11 is 0. The van der Waals surface area contributed by atoms with Crippen LogP contribution >= 0.6 is 0 Å². The number of aromatic hydroxyl groups is 1. The first kappa shape index (κ1) is 17.0. The predicted octanol–water partition coefficient (Wildman–Crippen LogP) is 1.73. The van der Waals surface area contributed by atoms with Gasteiger partial charge in [0.05, 0.1) is 17.4 Å². The van der Waals surface area contributed by atoms with Gasteiger partial charge in [0.1, 0.15) is 17.4 Å². The Balaban J connectivity index is 2.00. The van der Waals surface area contributed by atoms with E-state index in [1.165, 1.54) is 4.90 Å². The van der Waals surface area contributed by atoms with Crippen LogP contribution in [0, 0.1) is 13.8 Å². The molecule has 7 heteroatoms. The number of phenols is 1. The molecule has 0 radical (unpaired) electrons. The normalized spacial score (nSPS) is 17.2. The van der Waals surface area contributed by atoms with Crippen LogP contribution in [0.25, 0.3) is 11.0 Å². The molecule has 1 atom stereocenters. The molecule has 1 aromatic heterocycles. The maximum atomic E-state index is 12.5. The first-order valence-corrected chi connectivity index (χ1v) is 8.07. The van der Waals surface area contributed by atoms with Crippen LogP contribution in [-0.4, -0.2) is 39.6 Å². The molecular weight excluding hydrogens is 326 g/mol. The van der Waals surface area contributed by atoms with Gasteiger partial charge >= 0.3 is 11.6 Å². The van der Waals surface area contributed by atoms with Crippen molar-refractivity contribution in [2.75, 3.05) is 6.54 Å². The number of carbonyl (C=O) groups excluding carboxylic acids is 1. The lowest BCUT2D eigenvalue weighted by atomic mass is 10.0. The van der Waals surface area contributed by atoms with E-state index in [1.807, 2.05) is 0 Å². The van der Waals surface area contributed by atoms with Crippen LogP contribution in [0.2, 0.25) is 0 Å². The van der Waals surface area contributed by atoms with Gasteiger partial charge in [-0.1, -0.05) is 0 Å². The second-order valence-electron chi connectivity index (χ2n) is 6.41. The molecule has 0 aliphatic carbocycles. The summed E-state index contributed by atoms with van der Waals surface area (Å²) in [6.45, 7) is 3.78. The molecule has 2 N–H and O–H groups in total. The second-order valence-corrected chi connectivity index (χ2v) is 6.41. The third-order valence-electron chi connectivity index (χ3n) is 4.69. The Bertz CT molecular complexity index is 929. The minimum Gasteiger partial charge on any atom is -0.507 e. The van der Waals surface area contributed by atoms with Gasteiger partial charge in [0, 0.05) is 6.54 Å². The Kier molecular flexibility index (Phi) is 4.24. The van der Waals surface area contributed by atoms with Crippen LogP contribution in [0.15, 0.2) is 21.3 Å². The lowest BCUT2D eigenvalue weighted by molar-refractivity contribution is -0.148. The number of hydrogen-bond acceptors (Lipinski definition) is 5. The minimum absolute atomic E-state index is 0.0190. The monoisotopic (exact) mass is 345 g/mol. The van der Waals surface area contributed by atoms with Crippen LogP contribution < -0.4 is 5.63 Å². The number of phenolic OH excluding ortho intramolecular Hbond substituents is 1. The van der Waals surface area contributed by atoms with Crippen LogP contribution in [0.1, 0.15) is 29.5 Å². The van der Waals surface area contributed by atoms with Crippen LogP contribution in [0.4, 0.5) is 0 Å². The van der Waals surface area contributed by atoms with Crippen molar-refractivity contribution in [2.45, 2.75) is 39.2 Å². The molecule has 1 amide bonds. The number of aryl methyl sites for hydroxylation is 2. The van der Waals surface area contributed by atoms with Gasteiger partial charge < -0.3 is 19.5 Å². The van der Waals surface area contributed by atoms with Crippen molar-refractivity contribution in [3.63, 3.8) is 0 Å². The fraction of sp³-hybridized carbons (Fsp3) is 0.389. The molecule has 1 fully saturated rings. The first-order chi connectivity index (χ1) is 11.8. The lowest BCUT2D eigenvalue weighted by Crippen LogP contribution is -2.41. The second kappa shape index (κ2) is 6.23. The zero-order chi connectivity index (χ0) is 18.3. The smallest absolute Gasteiger partial charge is 0.340 e. The Labute approximate surface area is 143 Å². The highest BCUT2D eigenvalue weighted by atomic mass is 16.4. The molecule has 1 aromatic carbocycles. The number of nitrogens with zero attached hydrogens (tertiary/aromatic N) is 1. The Morgan fingerprint density at radius 3 is 2.72 bits per heavy atom. The number of carboxylic acid groups (broad SMARTS) is 1. The minimum atomic E-state index is -1.04. The first-order valence-electron chi connectivity index (χ1n) is 8.07. The zero-order valence-electron chi connectivity index (χ0n) is 14.0. The topological polar surface area (TPSA) is 108 Å². The molecule has 25 heavy (non-hydrogen) atoms. The maximum absolute atomic E-state index is 12.5. The average Bonchev–Trinajstić information content (AvgIpc) is 3.00. The van der Waals surface area contributed by atoms with Gasteiger partial charge in [0.15, 0.2) is 0 Å². The van der Waals surface area contributed by atoms with E-state index in [2.05, 4.69) is 0 Å². The summed E-state index contributed by atoms with van der Waals surface area (Å²) in [5.41, 5.74) is 0.990. The van der Waals surface area contributed by atoms with Crippen LogP contribution in [0.5, 0.6) is 5.75 Å². The largest absolute Gasteiger partial charge is 0.507 e. The van der Waals surface area contributed by atoms with E-state index in [0.717, 1.165) is 5.56 Å². The number of fused-ring (bicyclic) bond motifs is 1. The van der Waals surface area contributed by atoms with E-state index in [9.17, 15) is 24.6 Å². The summed E-state index contributed by atoms with van der Waals surface area (Å²) in [5, 5.41) is 19.8. The molecule has 132 valence electrons. The number of aliphatic carboxylic acids is 1. The highest BCUT2D eigenvalue weighted by molar-refractivity contribution is 5.90. The lowest BCUT2D eigenvalue weighted by Gasteiger charge is -2.21. The number of carboxylic acids is 1. The molecule has 3 rings (SSSR count). The molecule has 1 aliphatic heterocycles. The number of hydrogen-bond donors (Lipinski definition) is 2. The molecule has 1 unspecified atom stereocenters.